The Morgan fingerprint density at radius 2 is 2.09 bits per heavy atom. The largest absolute Gasteiger partial charge is 0.399 e. The van der Waals surface area contributed by atoms with E-state index in [9.17, 15) is 13.6 Å². The number of hydrogen-bond donors (Lipinski definition) is 2. The van der Waals surface area contributed by atoms with Crippen LogP contribution in [0.15, 0.2) is 18.2 Å². The number of hydrogen-bond acceptors (Lipinski definition) is 4. The minimum absolute atomic E-state index is 0.0610. The third-order valence-electron chi connectivity index (χ3n) is 3.01. The number of halogens is 2. The second-order valence-corrected chi connectivity index (χ2v) is 4.82. The third kappa shape index (κ3) is 8.09. The van der Waals surface area contributed by atoms with Crippen LogP contribution >= 0.6 is 0 Å². The highest BCUT2D eigenvalue weighted by atomic mass is 19.3. The van der Waals surface area contributed by atoms with Crippen molar-refractivity contribution in [2.45, 2.75) is 38.2 Å². The van der Waals surface area contributed by atoms with Gasteiger partial charge in [-0.1, -0.05) is 17.6 Å². The molecule has 2 rings (SSSR count). The molecule has 1 saturated heterocycles. The number of benzene rings is 1. The summed E-state index contributed by atoms with van der Waals surface area (Å²) in [7, 11) is 6.95. The van der Waals surface area contributed by atoms with Gasteiger partial charge in [0, 0.05) is 24.9 Å². The summed E-state index contributed by atoms with van der Waals surface area (Å²) in [6.45, 7) is 2.01. The molecule has 4 N–H and O–H groups in total. The smallest absolute Gasteiger partial charge is 0.252 e. The SMILES string of the molecule is CN.O=CCC1CC(F)(F)CCO1.[B]c1ccc(C)c(N)c1. The van der Waals surface area contributed by atoms with E-state index in [0.717, 1.165) is 16.7 Å². The molecule has 0 saturated carbocycles. The van der Waals surface area contributed by atoms with Crippen LogP contribution in [-0.2, 0) is 9.53 Å². The molecule has 1 aromatic rings. The van der Waals surface area contributed by atoms with E-state index in [4.69, 9.17) is 18.3 Å². The number of aldehydes is 1. The molecular weight excluding hydrogens is 289 g/mol. The average Bonchev–Trinajstić information content (AvgIpc) is 2.45. The number of aryl methyl sites for hydroxylation is 1. The average molecular weight is 312 g/mol. The summed E-state index contributed by atoms with van der Waals surface area (Å²) in [4.78, 5) is 9.96. The van der Waals surface area contributed by atoms with Crippen molar-refractivity contribution < 1.29 is 18.3 Å². The molecule has 2 radical (unpaired) electrons. The lowest BCUT2D eigenvalue weighted by atomic mass is 9.94. The van der Waals surface area contributed by atoms with Crippen LogP contribution in [0, 0.1) is 6.92 Å². The number of nitrogen functional groups attached to an aromatic ring is 1. The van der Waals surface area contributed by atoms with Crippen LogP contribution in [0.25, 0.3) is 0 Å². The van der Waals surface area contributed by atoms with E-state index < -0.39 is 12.0 Å². The van der Waals surface area contributed by atoms with Crippen molar-refractivity contribution in [2.75, 3.05) is 19.4 Å². The number of nitrogens with two attached hydrogens (primary N) is 2. The lowest BCUT2D eigenvalue weighted by molar-refractivity contribution is -0.134. The van der Waals surface area contributed by atoms with E-state index in [0.29, 0.717) is 6.29 Å². The van der Waals surface area contributed by atoms with Gasteiger partial charge in [-0.15, -0.1) is 0 Å². The third-order valence-corrected chi connectivity index (χ3v) is 3.01. The predicted octanol–water partition coefficient (Wildman–Crippen LogP) is 1.34. The molecule has 122 valence electrons. The number of rotatable bonds is 2. The molecule has 0 spiro atoms. The fourth-order valence-electron chi connectivity index (χ4n) is 1.79. The van der Waals surface area contributed by atoms with Crippen molar-refractivity contribution in [2.24, 2.45) is 5.73 Å². The second-order valence-electron chi connectivity index (χ2n) is 4.82. The Bertz CT molecular complexity index is 459. The highest BCUT2D eigenvalue weighted by Crippen LogP contribution is 2.30. The number of anilines is 1. The molecule has 1 atom stereocenters. The Morgan fingerprint density at radius 1 is 1.45 bits per heavy atom. The fourth-order valence-corrected chi connectivity index (χ4v) is 1.79. The van der Waals surface area contributed by atoms with Gasteiger partial charge in [0.1, 0.15) is 14.1 Å². The van der Waals surface area contributed by atoms with Crippen molar-refractivity contribution in [1.82, 2.24) is 0 Å². The van der Waals surface area contributed by atoms with E-state index in [1.54, 1.807) is 6.07 Å². The van der Waals surface area contributed by atoms with Crippen molar-refractivity contribution in [3.8, 4) is 0 Å². The molecule has 7 heteroatoms. The summed E-state index contributed by atoms with van der Waals surface area (Å²) in [5, 5.41) is 0. The summed E-state index contributed by atoms with van der Waals surface area (Å²) in [5.41, 5.74) is 12.6. The Labute approximate surface area is 131 Å². The molecule has 4 nitrogen and oxygen atoms in total. The van der Waals surface area contributed by atoms with E-state index in [1.165, 1.54) is 7.05 Å². The van der Waals surface area contributed by atoms with Crippen LogP contribution in [-0.4, -0.2) is 39.8 Å². The molecule has 0 bridgehead atoms. The summed E-state index contributed by atoms with van der Waals surface area (Å²) in [6, 6.07) is 5.51. The van der Waals surface area contributed by atoms with E-state index in [2.05, 4.69) is 5.73 Å². The number of carbonyl (C=O) groups excluding carboxylic acids is 1. The molecular formula is C15H23BF2N2O2. The Hall–Kier alpha value is -1.47. The highest BCUT2D eigenvalue weighted by Gasteiger charge is 2.36. The molecule has 1 unspecified atom stereocenters. The standard InChI is InChI=1S/C7H8BN.C7H10F2O2.CH5N/c1-5-2-3-6(8)4-7(5)9;8-7(9)2-4-11-6(5-7)1-3-10;1-2/h2-4H,9H2,1H3;3,6H,1-2,4-5H2;2H2,1H3. The minimum Gasteiger partial charge on any atom is -0.399 e. The summed E-state index contributed by atoms with van der Waals surface area (Å²) < 4.78 is 30.1. The first kappa shape index (κ1) is 20.5. The molecule has 1 aliphatic rings. The summed E-state index contributed by atoms with van der Waals surface area (Å²) in [6.07, 6.45) is -0.410. The van der Waals surface area contributed by atoms with Crippen LogP contribution in [0.4, 0.5) is 14.5 Å². The molecule has 1 aromatic carbocycles. The van der Waals surface area contributed by atoms with Gasteiger partial charge in [0.25, 0.3) is 5.92 Å². The van der Waals surface area contributed by atoms with Gasteiger partial charge in [-0.3, -0.25) is 0 Å². The normalized spacial score (nSPS) is 19.0. The van der Waals surface area contributed by atoms with E-state index in [1.807, 2.05) is 19.1 Å². The van der Waals surface area contributed by atoms with Crippen LogP contribution in [0.1, 0.15) is 24.8 Å². The molecule has 1 aliphatic heterocycles. The first-order valence-corrected chi connectivity index (χ1v) is 6.96. The van der Waals surface area contributed by atoms with Gasteiger partial charge in [0.15, 0.2) is 0 Å². The van der Waals surface area contributed by atoms with Crippen molar-refractivity contribution in [3.63, 3.8) is 0 Å². The van der Waals surface area contributed by atoms with Gasteiger partial charge in [0.2, 0.25) is 0 Å². The Morgan fingerprint density at radius 3 is 2.55 bits per heavy atom. The van der Waals surface area contributed by atoms with Crippen LogP contribution in [0.2, 0.25) is 0 Å². The zero-order chi connectivity index (χ0) is 17.2. The quantitative estimate of drug-likeness (QED) is 0.491. The zero-order valence-corrected chi connectivity index (χ0v) is 13.0. The molecule has 1 heterocycles. The maximum Gasteiger partial charge on any atom is 0.252 e. The van der Waals surface area contributed by atoms with Gasteiger partial charge in [-0.05, 0) is 25.6 Å². The van der Waals surface area contributed by atoms with Crippen molar-refractivity contribution in [3.05, 3.63) is 23.8 Å². The van der Waals surface area contributed by atoms with Crippen LogP contribution < -0.4 is 16.9 Å². The monoisotopic (exact) mass is 312 g/mol. The fraction of sp³-hybridized carbons (Fsp3) is 0.533. The summed E-state index contributed by atoms with van der Waals surface area (Å²) in [5.74, 6) is -2.63. The maximum atomic E-state index is 12.6. The number of alkyl halides is 2. The number of ether oxygens (including phenoxy) is 1. The molecule has 0 aliphatic carbocycles. The first-order chi connectivity index (χ1) is 10.3. The topological polar surface area (TPSA) is 78.3 Å². The van der Waals surface area contributed by atoms with Gasteiger partial charge in [0.05, 0.1) is 12.7 Å². The van der Waals surface area contributed by atoms with Gasteiger partial charge in [-0.25, -0.2) is 8.78 Å². The number of carbonyl (C=O) groups is 1. The van der Waals surface area contributed by atoms with Gasteiger partial charge < -0.3 is 21.0 Å². The molecule has 1 fully saturated rings. The van der Waals surface area contributed by atoms with Crippen molar-refractivity contribution in [1.29, 1.82) is 0 Å². The Balaban J connectivity index is 0.000000366. The van der Waals surface area contributed by atoms with Crippen LogP contribution in [0.5, 0.6) is 0 Å². The molecule has 0 amide bonds. The van der Waals surface area contributed by atoms with Crippen LogP contribution in [0.3, 0.4) is 0 Å². The lowest BCUT2D eigenvalue weighted by Crippen LogP contribution is -2.33. The highest BCUT2D eigenvalue weighted by molar-refractivity contribution is 6.32. The van der Waals surface area contributed by atoms with E-state index in [-0.39, 0.29) is 25.9 Å². The predicted molar refractivity (Wildman–Crippen MR) is 85.7 cm³/mol. The summed E-state index contributed by atoms with van der Waals surface area (Å²) >= 11 is 0. The second kappa shape index (κ2) is 10.3. The van der Waals surface area contributed by atoms with E-state index >= 15 is 0 Å². The van der Waals surface area contributed by atoms with Gasteiger partial charge in [-0.2, -0.15) is 0 Å². The van der Waals surface area contributed by atoms with Crippen molar-refractivity contribution >= 4 is 25.3 Å². The first-order valence-electron chi connectivity index (χ1n) is 6.96. The molecule has 22 heavy (non-hydrogen) atoms. The zero-order valence-electron chi connectivity index (χ0n) is 13.0. The lowest BCUT2D eigenvalue weighted by Gasteiger charge is -2.27. The minimum atomic E-state index is -2.63. The maximum absolute atomic E-state index is 12.6. The Kier molecular flexibility index (Phi) is 9.61. The van der Waals surface area contributed by atoms with Gasteiger partial charge >= 0.3 is 0 Å². The molecule has 0 aromatic heterocycles.